The summed E-state index contributed by atoms with van der Waals surface area (Å²) in [7, 11) is 0. The predicted molar refractivity (Wildman–Crippen MR) is 85.2 cm³/mol. The fraction of sp³-hybridized carbons (Fsp3) is 0.188. The van der Waals surface area contributed by atoms with Gasteiger partial charge in [-0.2, -0.15) is 13.2 Å². The first-order valence-corrected chi connectivity index (χ1v) is 7.52. The Morgan fingerprint density at radius 2 is 1.62 bits per heavy atom. The van der Waals surface area contributed by atoms with Gasteiger partial charge in [0.25, 0.3) is 5.91 Å². The van der Waals surface area contributed by atoms with Gasteiger partial charge in [-0.3, -0.25) is 4.79 Å². The number of amides is 1. The number of carbonyl (C=O) groups is 1. The van der Waals surface area contributed by atoms with Crippen molar-refractivity contribution in [2.75, 3.05) is 6.54 Å². The van der Waals surface area contributed by atoms with Gasteiger partial charge in [-0.05, 0) is 48.0 Å². The molecule has 0 aromatic heterocycles. The van der Waals surface area contributed by atoms with Crippen molar-refractivity contribution in [2.24, 2.45) is 0 Å². The van der Waals surface area contributed by atoms with Crippen molar-refractivity contribution >= 4 is 29.1 Å². The number of aliphatic hydroxyl groups excluding tert-OH is 1. The average Bonchev–Trinajstić information content (AvgIpc) is 2.50. The summed E-state index contributed by atoms with van der Waals surface area (Å²) in [6.45, 7) is -0.142. The molecule has 2 aromatic carbocycles. The van der Waals surface area contributed by atoms with Gasteiger partial charge in [-0.1, -0.05) is 23.2 Å². The number of rotatable bonds is 4. The van der Waals surface area contributed by atoms with Crippen molar-refractivity contribution < 1.29 is 23.1 Å². The van der Waals surface area contributed by atoms with Gasteiger partial charge in [-0.15, -0.1) is 0 Å². The van der Waals surface area contributed by atoms with Crippen LogP contribution in [-0.2, 0) is 6.18 Å². The lowest BCUT2D eigenvalue weighted by atomic mass is 10.1. The lowest BCUT2D eigenvalue weighted by molar-refractivity contribution is -0.137. The SMILES string of the molecule is O=C(NCC(O)c1cc(Cl)cc(Cl)c1)c1ccc(C(F)(F)F)cc1. The lowest BCUT2D eigenvalue weighted by Gasteiger charge is -2.13. The van der Waals surface area contributed by atoms with Gasteiger partial charge in [0, 0.05) is 22.2 Å². The molecule has 128 valence electrons. The number of halogens is 5. The van der Waals surface area contributed by atoms with Crippen molar-refractivity contribution in [1.29, 1.82) is 0 Å². The number of hydrogen-bond acceptors (Lipinski definition) is 2. The first kappa shape index (κ1) is 18.6. The zero-order valence-corrected chi connectivity index (χ0v) is 13.6. The maximum atomic E-state index is 12.5. The van der Waals surface area contributed by atoms with Crippen LogP contribution >= 0.6 is 23.2 Å². The van der Waals surface area contributed by atoms with E-state index in [1.54, 1.807) is 0 Å². The third-order valence-corrected chi connectivity index (χ3v) is 3.64. The van der Waals surface area contributed by atoms with Gasteiger partial charge in [-0.25, -0.2) is 0 Å². The van der Waals surface area contributed by atoms with Gasteiger partial charge in [0.2, 0.25) is 0 Å². The minimum Gasteiger partial charge on any atom is -0.387 e. The first-order chi connectivity index (χ1) is 11.2. The summed E-state index contributed by atoms with van der Waals surface area (Å²) in [5.74, 6) is -0.601. The molecule has 1 unspecified atom stereocenters. The van der Waals surface area contributed by atoms with Gasteiger partial charge in [0.1, 0.15) is 0 Å². The largest absolute Gasteiger partial charge is 0.416 e. The van der Waals surface area contributed by atoms with Crippen molar-refractivity contribution in [1.82, 2.24) is 5.32 Å². The fourth-order valence-electron chi connectivity index (χ4n) is 1.99. The summed E-state index contributed by atoms with van der Waals surface area (Å²) >= 11 is 11.7. The number of nitrogens with one attached hydrogen (secondary N) is 1. The Morgan fingerprint density at radius 1 is 1.08 bits per heavy atom. The number of aliphatic hydroxyl groups is 1. The van der Waals surface area contributed by atoms with Crippen LogP contribution in [0.1, 0.15) is 27.6 Å². The fourth-order valence-corrected chi connectivity index (χ4v) is 2.53. The Hall–Kier alpha value is -1.76. The molecule has 1 atom stereocenters. The van der Waals surface area contributed by atoms with Crippen LogP contribution in [0.4, 0.5) is 13.2 Å². The number of alkyl halides is 3. The van der Waals surface area contributed by atoms with Gasteiger partial charge in [0.05, 0.1) is 11.7 Å². The molecule has 0 saturated heterocycles. The van der Waals surface area contributed by atoms with E-state index in [2.05, 4.69) is 5.32 Å². The van der Waals surface area contributed by atoms with E-state index >= 15 is 0 Å². The summed E-state index contributed by atoms with van der Waals surface area (Å²) < 4.78 is 37.4. The summed E-state index contributed by atoms with van der Waals surface area (Å²) in [4.78, 5) is 11.9. The lowest BCUT2D eigenvalue weighted by Crippen LogP contribution is -2.28. The molecule has 2 aromatic rings. The molecule has 0 heterocycles. The molecule has 0 spiro atoms. The zero-order valence-electron chi connectivity index (χ0n) is 12.1. The molecule has 0 aliphatic carbocycles. The van der Waals surface area contributed by atoms with Crippen LogP contribution in [-0.4, -0.2) is 17.6 Å². The molecule has 0 radical (unpaired) electrons. The summed E-state index contributed by atoms with van der Waals surface area (Å²) in [5.41, 5.74) is -0.368. The second-order valence-electron chi connectivity index (χ2n) is 5.00. The smallest absolute Gasteiger partial charge is 0.387 e. The Bertz CT molecular complexity index is 713. The topological polar surface area (TPSA) is 49.3 Å². The molecular formula is C16H12Cl2F3NO2. The highest BCUT2D eigenvalue weighted by Crippen LogP contribution is 2.29. The maximum absolute atomic E-state index is 12.5. The summed E-state index contributed by atoms with van der Waals surface area (Å²) in [6, 6.07) is 8.29. The quantitative estimate of drug-likeness (QED) is 0.825. The van der Waals surface area contributed by atoms with E-state index in [9.17, 15) is 23.1 Å². The van der Waals surface area contributed by atoms with Crippen LogP contribution in [0.25, 0.3) is 0 Å². The van der Waals surface area contributed by atoms with E-state index < -0.39 is 23.8 Å². The molecule has 0 aliphatic rings. The van der Waals surface area contributed by atoms with E-state index in [-0.39, 0.29) is 12.1 Å². The normalized spacial score (nSPS) is 12.8. The highest BCUT2D eigenvalue weighted by Gasteiger charge is 2.30. The number of hydrogen-bond donors (Lipinski definition) is 2. The molecular weight excluding hydrogens is 366 g/mol. The predicted octanol–water partition coefficient (Wildman–Crippen LogP) is 4.48. The molecule has 2 rings (SSSR count). The molecule has 0 saturated carbocycles. The maximum Gasteiger partial charge on any atom is 0.416 e. The van der Waals surface area contributed by atoms with Crippen molar-refractivity contribution in [3.05, 3.63) is 69.2 Å². The van der Waals surface area contributed by atoms with E-state index in [0.717, 1.165) is 24.3 Å². The van der Waals surface area contributed by atoms with Crippen molar-refractivity contribution in [2.45, 2.75) is 12.3 Å². The Kier molecular flexibility index (Phi) is 5.74. The highest BCUT2D eigenvalue weighted by atomic mass is 35.5. The number of benzene rings is 2. The second-order valence-corrected chi connectivity index (χ2v) is 5.88. The standard InChI is InChI=1S/C16H12Cl2F3NO2/c17-12-5-10(6-13(18)7-12)14(23)8-22-15(24)9-1-3-11(4-2-9)16(19,20)21/h1-7,14,23H,8H2,(H,22,24). The van der Waals surface area contributed by atoms with Crippen LogP contribution in [0.2, 0.25) is 10.0 Å². The zero-order chi connectivity index (χ0) is 17.9. The Labute approximate surface area is 146 Å². The van der Waals surface area contributed by atoms with Crippen LogP contribution in [0, 0.1) is 0 Å². The Morgan fingerprint density at radius 3 is 2.12 bits per heavy atom. The van der Waals surface area contributed by atoms with Gasteiger partial charge >= 0.3 is 6.18 Å². The molecule has 2 N–H and O–H groups in total. The van der Waals surface area contributed by atoms with Gasteiger partial charge in [0.15, 0.2) is 0 Å². The van der Waals surface area contributed by atoms with Crippen molar-refractivity contribution in [3.63, 3.8) is 0 Å². The second kappa shape index (κ2) is 7.42. The molecule has 8 heteroatoms. The van der Waals surface area contributed by atoms with E-state index in [1.807, 2.05) is 0 Å². The third-order valence-electron chi connectivity index (χ3n) is 3.20. The monoisotopic (exact) mass is 377 g/mol. The molecule has 3 nitrogen and oxygen atoms in total. The minimum absolute atomic E-state index is 0.0549. The van der Waals surface area contributed by atoms with E-state index in [1.165, 1.54) is 18.2 Å². The van der Waals surface area contributed by atoms with Crippen LogP contribution in [0.3, 0.4) is 0 Å². The molecule has 0 fully saturated rings. The molecule has 0 bridgehead atoms. The minimum atomic E-state index is -4.46. The molecule has 24 heavy (non-hydrogen) atoms. The van der Waals surface area contributed by atoms with E-state index in [0.29, 0.717) is 15.6 Å². The van der Waals surface area contributed by atoms with Crippen LogP contribution in [0.5, 0.6) is 0 Å². The van der Waals surface area contributed by atoms with Crippen molar-refractivity contribution in [3.8, 4) is 0 Å². The summed E-state index contributed by atoms with van der Waals surface area (Å²) in [5, 5.41) is 13.2. The van der Waals surface area contributed by atoms with Gasteiger partial charge < -0.3 is 10.4 Å². The average molecular weight is 378 g/mol. The number of carbonyl (C=O) groups excluding carboxylic acids is 1. The van der Waals surface area contributed by atoms with Crippen LogP contribution in [0.15, 0.2) is 42.5 Å². The van der Waals surface area contributed by atoms with E-state index in [4.69, 9.17) is 23.2 Å². The molecule has 1 amide bonds. The van der Waals surface area contributed by atoms with Crippen LogP contribution < -0.4 is 5.32 Å². The Balaban J connectivity index is 1.99. The summed E-state index contributed by atoms with van der Waals surface area (Å²) in [6.07, 6.45) is -5.52. The third kappa shape index (κ3) is 4.87. The molecule has 0 aliphatic heterocycles. The first-order valence-electron chi connectivity index (χ1n) is 6.76. The highest BCUT2D eigenvalue weighted by molar-refractivity contribution is 6.34.